The van der Waals surface area contributed by atoms with Crippen molar-refractivity contribution in [3.05, 3.63) is 59.7 Å². The van der Waals surface area contributed by atoms with Gasteiger partial charge in [-0.1, -0.05) is 24.3 Å². The summed E-state index contributed by atoms with van der Waals surface area (Å²) in [6.45, 7) is 3.12. The number of carbonyl (C=O) groups excluding carboxylic acids is 3. The van der Waals surface area contributed by atoms with Gasteiger partial charge in [0, 0.05) is 43.2 Å². The fourth-order valence-electron chi connectivity index (χ4n) is 3.87. The van der Waals surface area contributed by atoms with Crippen molar-refractivity contribution in [3.63, 3.8) is 0 Å². The van der Waals surface area contributed by atoms with Gasteiger partial charge in [-0.15, -0.1) is 0 Å². The summed E-state index contributed by atoms with van der Waals surface area (Å²) in [6.07, 6.45) is 1.39. The van der Waals surface area contributed by atoms with E-state index in [1.165, 1.54) is 0 Å². The molecule has 1 fully saturated rings. The van der Waals surface area contributed by atoms with Gasteiger partial charge in [0.05, 0.1) is 0 Å². The number of para-hydroxylation sites is 1. The van der Waals surface area contributed by atoms with Crippen molar-refractivity contribution in [3.8, 4) is 5.75 Å². The Morgan fingerprint density at radius 3 is 2.80 bits per heavy atom. The first-order chi connectivity index (χ1) is 14.5. The molecule has 0 aromatic heterocycles. The van der Waals surface area contributed by atoms with E-state index >= 15 is 0 Å². The molecule has 2 aromatic rings. The minimum absolute atomic E-state index is 0.136. The Balaban J connectivity index is 1.33. The molecule has 7 nitrogen and oxygen atoms in total. The molecule has 2 atom stereocenters. The van der Waals surface area contributed by atoms with Crippen LogP contribution in [0.25, 0.3) is 0 Å². The van der Waals surface area contributed by atoms with Gasteiger partial charge in [0.15, 0.2) is 6.10 Å². The zero-order valence-electron chi connectivity index (χ0n) is 16.9. The first-order valence-corrected chi connectivity index (χ1v) is 10.2. The fraction of sp³-hybridized carbons (Fsp3) is 0.348. The average Bonchev–Trinajstić information content (AvgIpc) is 3.34. The molecule has 2 aliphatic heterocycles. The van der Waals surface area contributed by atoms with Gasteiger partial charge in [0.1, 0.15) is 5.75 Å². The maximum absolute atomic E-state index is 12.6. The van der Waals surface area contributed by atoms with Gasteiger partial charge in [-0.05, 0) is 43.2 Å². The predicted octanol–water partition coefficient (Wildman–Crippen LogP) is 2.37. The topological polar surface area (TPSA) is 87.7 Å². The molecule has 4 rings (SSSR count). The van der Waals surface area contributed by atoms with E-state index in [9.17, 15) is 14.4 Å². The highest BCUT2D eigenvalue weighted by molar-refractivity contribution is 5.98. The molecule has 2 aromatic carbocycles. The van der Waals surface area contributed by atoms with E-state index in [-0.39, 0.29) is 23.8 Å². The lowest BCUT2D eigenvalue weighted by Gasteiger charge is -2.21. The van der Waals surface area contributed by atoms with E-state index in [4.69, 9.17) is 4.74 Å². The summed E-state index contributed by atoms with van der Waals surface area (Å²) >= 11 is 0. The van der Waals surface area contributed by atoms with Crippen LogP contribution in [-0.4, -0.2) is 47.9 Å². The third-order valence-corrected chi connectivity index (χ3v) is 5.37. The predicted molar refractivity (Wildman–Crippen MR) is 112 cm³/mol. The van der Waals surface area contributed by atoms with Gasteiger partial charge in [0.25, 0.3) is 11.8 Å². The molecule has 7 heteroatoms. The Kier molecular flexibility index (Phi) is 5.70. The summed E-state index contributed by atoms with van der Waals surface area (Å²) in [6, 6.07) is 14.2. The molecule has 3 amide bonds. The minimum Gasteiger partial charge on any atom is -0.480 e. The molecule has 156 valence electrons. The van der Waals surface area contributed by atoms with Gasteiger partial charge >= 0.3 is 0 Å². The van der Waals surface area contributed by atoms with Crippen LogP contribution in [0.1, 0.15) is 35.7 Å². The fourth-order valence-corrected chi connectivity index (χ4v) is 3.87. The van der Waals surface area contributed by atoms with Gasteiger partial charge in [-0.3, -0.25) is 14.4 Å². The molecule has 0 radical (unpaired) electrons. The standard InChI is InChI=1S/C23H25N3O4/c1-15(14-26-11-5-10-21(26)27)24-22(28)17-7-4-8-18(12-17)25-23(29)20-13-16-6-2-3-9-19(16)30-20/h2-4,6-9,12,15,20H,5,10-11,13-14H2,1H3,(H,24,28)(H,25,29). The number of rotatable bonds is 6. The van der Waals surface area contributed by atoms with Gasteiger partial charge < -0.3 is 20.3 Å². The van der Waals surface area contributed by atoms with Crippen LogP contribution in [0.5, 0.6) is 5.75 Å². The van der Waals surface area contributed by atoms with Crippen LogP contribution in [0, 0.1) is 0 Å². The van der Waals surface area contributed by atoms with Crippen LogP contribution in [0.3, 0.4) is 0 Å². The Morgan fingerprint density at radius 2 is 2.03 bits per heavy atom. The van der Waals surface area contributed by atoms with E-state index in [0.29, 0.717) is 30.6 Å². The summed E-state index contributed by atoms with van der Waals surface area (Å²) in [7, 11) is 0. The van der Waals surface area contributed by atoms with E-state index < -0.39 is 6.10 Å². The molecule has 0 bridgehead atoms. The summed E-state index contributed by atoms with van der Waals surface area (Å²) < 4.78 is 5.72. The highest BCUT2D eigenvalue weighted by Gasteiger charge is 2.29. The lowest BCUT2D eigenvalue weighted by molar-refractivity contribution is -0.128. The van der Waals surface area contributed by atoms with Crippen molar-refractivity contribution in [2.75, 3.05) is 18.4 Å². The van der Waals surface area contributed by atoms with Crippen LogP contribution in [0.15, 0.2) is 48.5 Å². The summed E-state index contributed by atoms with van der Waals surface area (Å²) in [5.74, 6) is 0.382. The second-order valence-corrected chi connectivity index (χ2v) is 7.81. The Labute approximate surface area is 175 Å². The maximum atomic E-state index is 12.6. The molecule has 2 unspecified atom stereocenters. The number of nitrogens with zero attached hydrogens (tertiary/aromatic N) is 1. The normalized spacial score (nSPS) is 18.5. The van der Waals surface area contributed by atoms with Crippen molar-refractivity contribution in [1.82, 2.24) is 10.2 Å². The first-order valence-electron chi connectivity index (χ1n) is 10.2. The number of nitrogens with one attached hydrogen (secondary N) is 2. The summed E-state index contributed by atoms with van der Waals surface area (Å²) in [5, 5.41) is 5.76. The monoisotopic (exact) mass is 407 g/mol. The third-order valence-electron chi connectivity index (χ3n) is 5.37. The van der Waals surface area contributed by atoms with E-state index in [2.05, 4.69) is 10.6 Å². The van der Waals surface area contributed by atoms with Crippen LogP contribution in [-0.2, 0) is 16.0 Å². The Bertz CT molecular complexity index is 949. The molecule has 30 heavy (non-hydrogen) atoms. The summed E-state index contributed by atoms with van der Waals surface area (Å²) in [5.41, 5.74) is 1.99. The zero-order valence-corrected chi connectivity index (χ0v) is 16.9. The lowest BCUT2D eigenvalue weighted by Crippen LogP contribution is -2.42. The van der Waals surface area contributed by atoms with Crippen LogP contribution in [0.4, 0.5) is 5.69 Å². The van der Waals surface area contributed by atoms with Gasteiger partial charge in [0.2, 0.25) is 5.91 Å². The number of hydrogen-bond acceptors (Lipinski definition) is 4. The van der Waals surface area contributed by atoms with Crippen LogP contribution < -0.4 is 15.4 Å². The van der Waals surface area contributed by atoms with Crippen molar-refractivity contribution in [2.45, 2.75) is 38.3 Å². The molecule has 2 aliphatic rings. The second-order valence-electron chi connectivity index (χ2n) is 7.81. The van der Waals surface area contributed by atoms with E-state index in [0.717, 1.165) is 24.3 Å². The number of ether oxygens (including phenoxy) is 1. The number of carbonyl (C=O) groups is 3. The SMILES string of the molecule is CC(CN1CCCC1=O)NC(=O)c1cccc(NC(=O)C2Cc3ccccc3O2)c1. The number of hydrogen-bond donors (Lipinski definition) is 2. The molecule has 2 heterocycles. The molecule has 2 N–H and O–H groups in total. The quantitative estimate of drug-likeness (QED) is 0.770. The molecular formula is C23H25N3O4. The highest BCUT2D eigenvalue weighted by Crippen LogP contribution is 2.28. The number of likely N-dealkylation sites (tertiary alicyclic amines) is 1. The zero-order chi connectivity index (χ0) is 21.1. The molecule has 0 spiro atoms. The van der Waals surface area contributed by atoms with Crippen LogP contribution >= 0.6 is 0 Å². The largest absolute Gasteiger partial charge is 0.480 e. The number of fused-ring (bicyclic) bond motifs is 1. The van der Waals surface area contributed by atoms with E-state index in [1.54, 1.807) is 29.2 Å². The summed E-state index contributed by atoms with van der Waals surface area (Å²) in [4.78, 5) is 38.7. The third kappa shape index (κ3) is 4.45. The lowest BCUT2D eigenvalue weighted by atomic mass is 10.1. The average molecular weight is 407 g/mol. The van der Waals surface area contributed by atoms with Crippen molar-refractivity contribution in [2.24, 2.45) is 0 Å². The van der Waals surface area contributed by atoms with Crippen LogP contribution in [0.2, 0.25) is 0 Å². The van der Waals surface area contributed by atoms with Crippen molar-refractivity contribution < 1.29 is 19.1 Å². The number of anilines is 1. The van der Waals surface area contributed by atoms with Crippen molar-refractivity contribution >= 4 is 23.4 Å². The molecular weight excluding hydrogens is 382 g/mol. The highest BCUT2D eigenvalue weighted by atomic mass is 16.5. The minimum atomic E-state index is -0.585. The Hall–Kier alpha value is -3.35. The number of benzene rings is 2. The van der Waals surface area contributed by atoms with Gasteiger partial charge in [-0.2, -0.15) is 0 Å². The second kappa shape index (κ2) is 8.57. The van der Waals surface area contributed by atoms with Crippen molar-refractivity contribution in [1.29, 1.82) is 0 Å². The van der Waals surface area contributed by atoms with Gasteiger partial charge in [-0.25, -0.2) is 0 Å². The molecule has 1 saturated heterocycles. The Morgan fingerprint density at radius 1 is 1.20 bits per heavy atom. The number of amides is 3. The molecule has 0 saturated carbocycles. The van der Waals surface area contributed by atoms with E-state index in [1.807, 2.05) is 31.2 Å². The first kappa shape index (κ1) is 19.9. The smallest absolute Gasteiger partial charge is 0.265 e. The maximum Gasteiger partial charge on any atom is 0.265 e. The molecule has 0 aliphatic carbocycles.